The van der Waals surface area contributed by atoms with Gasteiger partial charge in [-0.15, -0.1) is 0 Å². The first kappa shape index (κ1) is 11.5. The van der Waals surface area contributed by atoms with Gasteiger partial charge < -0.3 is 4.57 Å². The van der Waals surface area contributed by atoms with Crippen LogP contribution in [0.4, 0.5) is 4.39 Å². The minimum absolute atomic E-state index is 0.0736. The van der Waals surface area contributed by atoms with Gasteiger partial charge in [-0.05, 0) is 41.5 Å². The Morgan fingerprint density at radius 2 is 1.79 bits per heavy atom. The lowest BCUT2D eigenvalue weighted by Crippen LogP contribution is -1.87. The average molecular weight is 250 g/mol. The van der Waals surface area contributed by atoms with Gasteiger partial charge in [-0.25, -0.2) is 4.39 Å². The maximum Gasteiger partial charge on any atom is 0.141 e. The Morgan fingerprint density at radius 1 is 1.05 bits per heavy atom. The summed E-state index contributed by atoms with van der Waals surface area (Å²) < 4.78 is 15.7. The monoisotopic (exact) mass is 250 g/mol. The fourth-order valence-electron chi connectivity index (χ4n) is 2.25. The molecule has 0 radical (unpaired) electrons. The van der Waals surface area contributed by atoms with E-state index < -0.39 is 5.82 Å². The third kappa shape index (κ3) is 1.88. The number of aryl methyl sites for hydroxylation is 1. The number of hydrogen-bond donors (Lipinski definition) is 0. The smallest absolute Gasteiger partial charge is 0.141 e. The van der Waals surface area contributed by atoms with E-state index in [-0.39, 0.29) is 5.56 Å². The molecular formula is C16H11FN2. The van der Waals surface area contributed by atoms with Crippen LogP contribution in [0.1, 0.15) is 5.56 Å². The Balaban J connectivity index is 2.14. The van der Waals surface area contributed by atoms with E-state index in [0.717, 1.165) is 22.0 Å². The lowest BCUT2D eigenvalue weighted by Gasteiger charge is -2.04. The van der Waals surface area contributed by atoms with Crippen LogP contribution in [-0.4, -0.2) is 4.57 Å². The zero-order chi connectivity index (χ0) is 13.4. The standard InChI is InChI=1S/C16H11FN2/c1-19-7-6-13-8-11(4-5-16(13)19)12-2-3-14(10-18)15(17)9-12/h2-9H,1H3. The Hall–Kier alpha value is -2.60. The van der Waals surface area contributed by atoms with E-state index in [4.69, 9.17) is 5.26 Å². The van der Waals surface area contributed by atoms with Crippen molar-refractivity contribution in [1.29, 1.82) is 5.26 Å². The second kappa shape index (κ2) is 4.25. The fourth-order valence-corrected chi connectivity index (χ4v) is 2.25. The zero-order valence-corrected chi connectivity index (χ0v) is 10.4. The normalized spacial score (nSPS) is 10.6. The summed E-state index contributed by atoms with van der Waals surface area (Å²) >= 11 is 0. The lowest BCUT2D eigenvalue weighted by molar-refractivity contribution is 0.624. The average Bonchev–Trinajstić information content (AvgIpc) is 2.80. The van der Waals surface area contributed by atoms with Crippen molar-refractivity contribution in [3.63, 3.8) is 0 Å². The van der Waals surface area contributed by atoms with Crippen LogP contribution in [0.3, 0.4) is 0 Å². The molecule has 0 N–H and O–H groups in total. The van der Waals surface area contributed by atoms with E-state index in [1.807, 2.05) is 48.1 Å². The molecule has 3 aromatic rings. The fraction of sp³-hybridized carbons (Fsp3) is 0.0625. The highest BCUT2D eigenvalue weighted by molar-refractivity contribution is 5.85. The van der Waals surface area contributed by atoms with Crippen molar-refractivity contribution in [2.24, 2.45) is 7.05 Å². The molecule has 0 fully saturated rings. The summed E-state index contributed by atoms with van der Waals surface area (Å²) in [6.45, 7) is 0. The van der Waals surface area contributed by atoms with Crippen molar-refractivity contribution < 1.29 is 4.39 Å². The minimum atomic E-state index is -0.479. The molecule has 1 aromatic heterocycles. The summed E-state index contributed by atoms with van der Waals surface area (Å²) in [5.41, 5.74) is 2.94. The van der Waals surface area contributed by atoms with Gasteiger partial charge in [0, 0.05) is 24.1 Å². The van der Waals surface area contributed by atoms with Crippen molar-refractivity contribution in [1.82, 2.24) is 4.57 Å². The first-order valence-corrected chi connectivity index (χ1v) is 5.94. The molecule has 1 heterocycles. The van der Waals surface area contributed by atoms with Gasteiger partial charge in [0.15, 0.2) is 0 Å². The van der Waals surface area contributed by atoms with Crippen LogP contribution in [0, 0.1) is 17.1 Å². The molecule has 3 heteroatoms. The van der Waals surface area contributed by atoms with E-state index in [2.05, 4.69) is 0 Å². The summed E-state index contributed by atoms with van der Waals surface area (Å²) in [6.07, 6.45) is 1.99. The molecule has 19 heavy (non-hydrogen) atoms. The molecule has 2 aromatic carbocycles. The molecule has 92 valence electrons. The number of hydrogen-bond acceptors (Lipinski definition) is 1. The summed E-state index contributed by atoms with van der Waals surface area (Å²) in [5.74, 6) is -0.479. The molecule has 0 unspecified atom stereocenters. The number of halogens is 1. The molecule has 2 nitrogen and oxygen atoms in total. The Kier molecular flexibility index (Phi) is 2.57. The molecule has 0 bridgehead atoms. The van der Waals surface area contributed by atoms with E-state index in [1.165, 1.54) is 12.1 Å². The molecule has 0 aliphatic heterocycles. The minimum Gasteiger partial charge on any atom is -0.351 e. The number of aromatic nitrogens is 1. The van der Waals surface area contributed by atoms with Gasteiger partial charge in [-0.3, -0.25) is 0 Å². The molecule has 3 rings (SSSR count). The van der Waals surface area contributed by atoms with Crippen LogP contribution in [0.15, 0.2) is 48.7 Å². The first-order valence-electron chi connectivity index (χ1n) is 5.94. The SMILES string of the molecule is Cn1ccc2cc(-c3ccc(C#N)c(F)c3)ccc21. The second-order valence-corrected chi connectivity index (χ2v) is 4.51. The highest BCUT2D eigenvalue weighted by Crippen LogP contribution is 2.26. The maximum absolute atomic E-state index is 13.6. The summed E-state index contributed by atoms with van der Waals surface area (Å²) in [4.78, 5) is 0. The van der Waals surface area contributed by atoms with Gasteiger partial charge in [0.25, 0.3) is 0 Å². The highest BCUT2D eigenvalue weighted by atomic mass is 19.1. The van der Waals surface area contributed by atoms with Crippen LogP contribution < -0.4 is 0 Å². The quantitative estimate of drug-likeness (QED) is 0.644. The third-order valence-corrected chi connectivity index (χ3v) is 3.31. The van der Waals surface area contributed by atoms with Gasteiger partial charge >= 0.3 is 0 Å². The largest absolute Gasteiger partial charge is 0.351 e. The number of nitrogens with zero attached hydrogens (tertiary/aromatic N) is 2. The van der Waals surface area contributed by atoms with Crippen LogP contribution in [-0.2, 0) is 7.05 Å². The van der Waals surface area contributed by atoms with Crippen LogP contribution in [0.5, 0.6) is 0 Å². The third-order valence-electron chi connectivity index (χ3n) is 3.31. The van der Waals surface area contributed by atoms with Crippen molar-refractivity contribution in [2.75, 3.05) is 0 Å². The lowest BCUT2D eigenvalue weighted by atomic mass is 10.0. The Bertz CT molecular complexity index is 809. The topological polar surface area (TPSA) is 28.7 Å². The number of rotatable bonds is 1. The highest BCUT2D eigenvalue weighted by Gasteiger charge is 2.06. The maximum atomic E-state index is 13.6. The van der Waals surface area contributed by atoms with E-state index >= 15 is 0 Å². The van der Waals surface area contributed by atoms with Crippen molar-refractivity contribution in [3.05, 3.63) is 60.0 Å². The van der Waals surface area contributed by atoms with Crippen molar-refractivity contribution in [3.8, 4) is 17.2 Å². The van der Waals surface area contributed by atoms with E-state index in [9.17, 15) is 4.39 Å². The molecule has 0 saturated carbocycles. The Labute approximate surface area is 110 Å². The molecule has 0 amide bonds. The van der Waals surface area contributed by atoms with Crippen molar-refractivity contribution >= 4 is 10.9 Å². The Morgan fingerprint density at radius 3 is 2.53 bits per heavy atom. The predicted molar refractivity (Wildman–Crippen MR) is 73.0 cm³/mol. The number of fused-ring (bicyclic) bond motifs is 1. The predicted octanol–water partition coefficient (Wildman–Crippen LogP) is 3.86. The van der Waals surface area contributed by atoms with Gasteiger partial charge in [-0.2, -0.15) is 5.26 Å². The van der Waals surface area contributed by atoms with Gasteiger partial charge in [0.1, 0.15) is 11.9 Å². The molecule has 0 saturated heterocycles. The molecular weight excluding hydrogens is 239 g/mol. The van der Waals surface area contributed by atoms with E-state index in [1.54, 1.807) is 6.07 Å². The van der Waals surface area contributed by atoms with Gasteiger partial charge in [-0.1, -0.05) is 12.1 Å². The van der Waals surface area contributed by atoms with Gasteiger partial charge in [0.2, 0.25) is 0 Å². The summed E-state index contributed by atoms with van der Waals surface area (Å²) in [6, 6.07) is 14.5. The molecule has 0 aliphatic rings. The van der Waals surface area contributed by atoms with Crippen LogP contribution >= 0.6 is 0 Å². The molecule has 0 aliphatic carbocycles. The van der Waals surface area contributed by atoms with Crippen LogP contribution in [0.2, 0.25) is 0 Å². The summed E-state index contributed by atoms with van der Waals surface area (Å²) in [5, 5.41) is 9.85. The van der Waals surface area contributed by atoms with E-state index in [0.29, 0.717) is 0 Å². The molecule has 0 spiro atoms. The summed E-state index contributed by atoms with van der Waals surface area (Å²) in [7, 11) is 1.99. The van der Waals surface area contributed by atoms with Crippen LogP contribution in [0.25, 0.3) is 22.0 Å². The molecule has 0 atom stereocenters. The van der Waals surface area contributed by atoms with Crippen molar-refractivity contribution in [2.45, 2.75) is 0 Å². The number of nitriles is 1. The van der Waals surface area contributed by atoms with Gasteiger partial charge in [0.05, 0.1) is 5.56 Å². The first-order chi connectivity index (χ1) is 9.19. The second-order valence-electron chi connectivity index (χ2n) is 4.51. The number of benzene rings is 2. The zero-order valence-electron chi connectivity index (χ0n) is 10.4.